The van der Waals surface area contributed by atoms with Crippen LogP contribution in [-0.4, -0.2) is 40.3 Å². The highest BCUT2D eigenvalue weighted by Gasteiger charge is 2.35. The molecule has 1 fully saturated rings. The van der Waals surface area contributed by atoms with Gasteiger partial charge in [0.25, 0.3) is 0 Å². The fraction of sp³-hybridized carbons (Fsp3) is 0.500. The van der Waals surface area contributed by atoms with Crippen LogP contribution in [0.25, 0.3) is 0 Å². The van der Waals surface area contributed by atoms with Gasteiger partial charge in [0.2, 0.25) is 0 Å². The summed E-state index contributed by atoms with van der Waals surface area (Å²) in [5.74, 6) is -0.723. The highest BCUT2D eigenvalue weighted by atomic mass is 16.5. The molecular formula is C10H13N3O4. The Morgan fingerprint density at radius 3 is 2.88 bits per heavy atom. The van der Waals surface area contributed by atoms with Crippen molar-refractivity contribution in [2.45, 2.75) is 13.5 Å². The second-order valence-corrected chi connectivity index (χ2v) is 4.03. The summed E-state index contributed by atoms with van der Waals surface area (Å²) < 4.78 is 4.93. The first kappa shape index (κ1) is 11.4. The summed E-state index contributed by atoms with van der Waals surface area (Å²) >= 11 is 0. The number of hydrogen-bond acceptors (Lipinski definition) is 4. The number of nitrogens with one attached hydrogen (secondary N) is 1. The number of carboxylic acids is 1. The molecule has 0 bridgehead atoms. The number of likely N-dealkylation sites (tertiary alicyclic amines) is 1. The summed E-state index contributed by atoms with van der Waals surface area (Å²) in [4.78, 5) is 23.5. The van der Waals surface area contributed by atoms with E-state index >= 15 is 0 Å². The SMILES string of the molecule is Cc1cc(CNC(=O)N2CC(C(=O)O)C2)on1. The highest BCUT2D eigenvalue weighted by molar-refractivity contribution is 5.79. The number of hydrogen-bond donors (Lipinski definition) is 2. The molecule has 0 saturated carbocycles. The predicted octanol–water partition coefficient (Wildman–Crippen LogP) is 0.209. The van der Waals surface area contributed by atoms with Gasteiger partial charge < -0.3 is 19.8 Å². The summed E-state index contributed by atoms with van der Waals surface area (Å²) in [6.45, 7) is 2.57. The maximum Gasteiger partial charge on any atom is 0.317 e. The van der Waals surface area contributed by atoms with Gasteiger partial charge in [-0.25, -0.2) is 4.79 Å². The van der Waals surface area contributed by atoms with Crippen LogP contribution in [0.5, 0.6) is 0 Å². The number of urea groups is 1. The number of carbonyl (C=O) groups excluding carboxylic acids is 1. The van der Waals surface area contributed by atoms with E-state index in [-0.39, 0.29) is 25.7 Å². The highest BCUT2D eigenvalue weighted by Crippen LogP contribution is 2.15. The van der Waals surface area contributed by atoms with Crippen molar-refractivity contribution in [2.75, 3.05) is 13.1 Å². The number of carbonyl (C=O) groups is 2. The Morgan fingerprint density at radius 2 is 2.35 bits per heavy atom. The van der Waals surface area contributed by atoms with Crippen molar-refractivity contribution < 1.29 is 19.2 Å². The number of nitrogens with zero attached hydrogens (tertiary/aromatic N) is 2. The van der Waals surface area contributed by atoms with E-state index in [9.17, 15) is 9.59 Å². The molecule has 0 atom stereocenters. The summed E-state index contributed by atoms with van der Waals surface area (Å²) in [6, 6.07) is 1.45. The van der Waals surface area contributed by atoms with Crippen molar-refractivity contribution in [3.05, 3.63) is 17.5 Å². The molecule has 7 nitrogen and oxygen atoms in total. The van der Waals surface area contributed by atoms with Crippen LogP contribution in [-0.2, 0) is 11.3 Å². The lowest BCUT2D eigenvalue weighted by molar-refractivity contribution is -0.146. The Bertz CT molecular complexity index is 437. The zero-order valence-corrected chi connectivity index (χ0v) is 9.34. The van der Waals surface area contributed by atoms with Gasteiger partial charge >= 0.3 is 12.0 Å². The molecule has 1 aliphatic rings. The van der Waals surface area contributed by atoms with Gasteiger partial charge in [0, 0.05) is 19.2 Å². The first-order chi connectivity index (χ1) is 8.06. The van der Waals surface area contributed by atoms with Crippen molar-refractivity contribution in [1.82, 2.24) is 15.4 Å². The molecule has 1 saturated heterocycles. The van der Waals surface area contributed by atoms with E-state index in [4.69, 9.17) is 9.63 Å². The molecule has 0 radical (unpaired) electrons. The maximum atomic E-state index is 11.5. The van der Waals surface area contributed by atoms with Crippen LogP contribution < -0.4 is 5.32 Å². The van der Waals surface area contributed by atoms with Crippen molar-refractivity contribution in [2.24, 2.45) is 5.92 Å². The number of aliphatic carboxylic acids is 1. The molecule has 17 heavy (non-hydrogen) atoms. The van der Waals surface area contributed by atoms with Gasteiger partial charge in [-0.1, -0.05) is 5.16 Å². The quantitative estimate of drug-likeness (QED) is 0.786. The third kappa shape index (κ3) is 2.55. The van der Waals surface area contributed by atoms with Gasteiger partial charge in [-0.2, -0.15) is 0 Å². The van der Waals surface area contributed by atoms with Crippen molar-refractivity contribution >= 4 is 12.0 Å². The predicted molar refractivity (Wildman–Crippen MR) is 56.2 cm³/mol. The van der Waals surface area contributed by atoms with Gasteiger partial charge in [0.05, 0.1) is 18.2 Å². The van der Waals surface area contributed by atoms with E-state index in [1.807, 2.05) is 0 Å². The molecule has 0 aliphatic carbocycles. The lowest BCUT2D eigenvalue weighted by atomic mass is 10.0. The Balaban J connectivity index is 1.74. The summed E-state index contributed by atoms with van der Waals surface area (Å²) in [5, 5.41) is 15.0. The average molecular weight is 239 g/mol. The fourth-order valence-electron chi connectivity index (χ4n) is 1.57. The molecule has 2 heterocycles. The molecule has 92 valence electrons. The standard InChI is InChI=1S/C10H13N3O4/c1-6-2-8(17-12-6)3-11-10(16)13-4-7(5-13)9(14)15/h2,7H,3-5H2,1H3,(H,11,16)(H,14,15). The first-order valence-electron chi connectivity index (χ1n) is 5.24. The minimum absolute atomic E-state index is 0.258. The van der Waals surface area contributed by atoms with Gasteiger partial charge in [-0.3, -0.25) is 4.79 Å². The minimum atomic E-state index is -0.861. The third-order valence-electron chi connectivity index (χ3n) is 2.61. The van der Waals surface area contributed by atoms with E-state index in [2.05, 4.69) is 10.5 Å². The van der Waals surface area contributed by atoms with E-state index < -0.39 is 11.9 Å². The Hall–Kier alpha value is -2.05. The number of aromatic nitrogens is 1. The third-order valence-corrected chi connectivity index (χ3v) is 2.61. The van der Waals surface area contributed by atoms with Crippen molar-refractivity contribution in [3.63, 3.8) is 0 Å². The number of carboxylic acid groups (broad SMARTS) is 1. The molecule has 0 unspecified atom stereocenters. The molecule has 2 amide bonds. The van der Waals surface area contributed by atoms with Crippen LogP contribution in [0.15, 0.2) is 10.6 Å². The van der Waals surface area contributed by atoms with Gasteiger partial charge in [0.1, 0.15) is 0 Å². The molecule has 2 rings (SSSR count). The molecule has 1 aliphatic heterocycles. The van der Waals surface area contributed by atoms with Gasteiger partial charge in [0.15, 0.2) is 5.76 Å². The smallest absolute Gasteiger partial charge is 0.317 e. The molecule has 2 N–H and O–H groups in total. The second-order valence-electron chi connectivity index (χ2n) is 4.03. The number of aryl methyl sites for hydroxylation is 1. The minimum Gasteiger partial charge on any atom is -0.481 e. The van der Waals surface area contributed by atoms with Crippen LogP contribution in [0, 0.1) is 12.8 Å². The van der Waals surface area contributed by atoms with E-state index in [0.717, 1.165) is 5.69 Å². The summed E-state index contributed by atoms with van der Waals surface area (Å²) in [5.41, 5.74) is 0.754. The van der Waals surface area contributed by atoms with E-state index in [1.165, 1.54) is 4.90 Å². The number of rotatable bonds is 3. The van der Waals surface area contributed by atoms with Crippen LogP contribution in [0.3, 0.4) is 0 Å². The van der Waals surface area contributed by atoms with Gasteiger partial charge in [-0.15, -0.1) is 0 Å². The van der Waals surface area contributed by atoms with Gasteiger partial charge in [-0.05, 0) is 6.92 Å². The molecule has 0 spiro atoms. The van der Waals surface area contributed by atoms with Crippen molar-refractivity contribution in [1.29, 1.82) is 0 Å². The number of amides is 2. The fourth-order valence-corrected chi connectivity index (χ4v) is 1.57. The van der Waals surface area contributed by atoms with Crippen LogP contribution in [0.1, 0.15) is 11.5 Å². The average Bonchev–Trinajstić information content (AvgIpc) is 2.58. The molecule has 1 aromatic rings. The summed E-state index contributed by atoms with van der Waals surface area (Å²) in [6.07, 6.45) is 0. The monoisotopic (exact) mass is 239 g/mol. The molecular weight excluding hydrogens is 226 g/mol. The topological polar surface area (TPSA) is 95.7 Å². The maximum absolute atomic E-state index is 11.5. The van der Waals surface area contributed by atoms with Crippen LogP contribution >= 0.6 is 0 Å². The Morgan fingerprint density at radius 1 is 1.65 bits per heavy atom. The van der Waals surface area contributed by atoms with E-state index in [0.29, 0.717) is 5.76 Å². The zero-order chi connectivity index (χ0) is 12.4. The van der Waals surface area contributed by atoms with Crippen LogP contribution in [0.2, 0.25) is 0 Å². The summed E-state index contributed by atoms with van der Waals surface area (Å²) in [7, 11) is 0. The molecule has 0 aromatic carbocycles. The van der Waals surface area contributed by atoms with E-state index in [1.54, 1.807) is 13.0 Å². The lowest BCUT2D eigenvalue weighted by Crippen LogP contribution is -2.56. The lowest BCUT2D eigenvalue weighted by Gasteiger charge is -2.36. The molecule has 1 aromatic heterocycles. The van der Waals surface area contributed by atoms with Crippen LogP contribution in [0.4, 0.5) is 4.79 Å². The second kappa shape index (κ2) is 4.44. The Kier molecular flexibility index (Phi) is 2.99. The Labute approximate surface area is 97.4 Å². The zero-order valence-electron chi connectivity index (χ0n) is 9.34. The largest absolute Gasteiger partial charge is 0.481 e. The first-order valence-corrected chi connectivity index (χ1v) is 5.24. The molecule has 7 heteroatoms. The van der Waals surface area contributed by atoms with Crippen molar-refractivity contribution in [3.8, 4) is 0 Å². The normalized spacial score (nSPS) is 15.5.